The van der Waals surface area contributed by atoms with Crippen molar-refractivity contribution in [1.82, 2.24) is 4.98 Å². The minimum absolute atomic E-state index is 0.0954. The third-order valence-electron chi connectivity index (χ3n) is 4.72. The molecule has 0 radical (unpaired) electrons. The number of H-pyrrole nitrogens is 1. The molecule has 2 N–H and O–H groups in total. The number of nitrogens with one attached hydrogen (secondary N) is 1. The summed E-state index contributed by atoms with van der Waals surface area (Å²) in [5.41, 5.74) is -0.0986. The Labute approximate surface area is 162 Å². The van der Waals surface area contributed by atoms with Crippen LogP contribution in [0, 0.1) is 0 Å². The number of hydrogen-bond acceptors (Lipinski definition) is 3. The van der Waals surface area contributed by atoms with E-state index < -0.39 is 17.7 Å². The summed E-state index contributed by atoms with van der Waals surface area (Å²) in [6.07, 6.45) is -3.47. The molecular formula is C20H15F3N2O4. The third kappa shape index (κ3) is 3.51. The fraction of sp³-hybridized carbons (Fsp3) is 0.200. The van der Waals surface area contributed by atoms with Crippen LogP contribution < -0.4 is 9.64 Å². The molecule has 150 valence electrons. The molecule has 1 saturated heterocycles. The van der Waals surface area contributed by atoms with Gasteiger partial charge in [0.25, 0.3) is 0 Å². The summed E-state index contributed by atoms with van der Waals surface area (Å²) in [4.78, 5) is 28.1. The smallest absolute Gasteiger partial charge is 0.416 e. The van der Waals surface area contributed by atoms with Gasteiger partial charge in [-0.05, 0) is 48.9 Å². The summed E-state index contributed by atoms with van der Waals surface area (Å²) >= 11 is 0. The quantitative estimate of drug-likeness (QED) is 0.654. The van der Waals surface area contributed by atoms with Gasteiger partial charge < -0.3 is 19.7 Å². The number of amides is 1. The highest BCUT2D eigenvalue weighted by Gasteiger charge is 2.31. The number of carbonyl (C=O) groups excluding carboxylic acids is 1. The second-order valence-electron chi connectivity index (χ2n) is 6.63. The van der Waals surface area contributed by atoms with Gasteiger partial charge in [-0.3, -0.25) is 4.79 Å². The van der Waals surface area contributed by atoms with E-state index in [4.69, 9.17) is 4.74 Å². The van der Waals surface area contributed by atoms with E-state index in [0.717, 1.165) is 12.1 Å². The first kappa shape index (κ1) is 18.9. The lowest BCUT2D eigenvalue weighted by Crippen LogP contribution is -2.25. The van der Waals surface area contributed by atoms with Crippen LogP contribution in [-0.4, -0.2) is 28.5 Å². The number of nitrogens with zero attached hydrogens (tertiary/aromatic N) is 1. The van der Waals surface area contributed by atoms with Gasteiger partial charge in [0.2, 0.25) is 5.91 Å². The van der Waals surface area contributed by atoms with Crippen molar-refractivity contribution in [3.05, 3.63) is 53.7 Å². The van der Waals surface area contributed by atoms with Crippen LogP contribution in [0.5, 0.6) is 11.5 Å². The molecule has 29 heavy (non-hydrogen) atoms. The number of halogens is 3. The van der Waals surface area contributed by atoms with E-state index >= 15 is 0 Å². The zero-order chi connectivity index (χ0) is 20.8. The first-order valence-corrected chi connectivity index (χ1v) is 8.78. The average molecular weight is 404 g/mol. The number of aromatic amines is 1. The van der Waals surface area contributed by atoms with Crippen LogP contribution >= 0.6 is 0 Å². The number of carboxylic acid groups (broad SMARTS) is 1. The molecule has 0 spiro atoms. The molecule has 2 aromatic carbocycles. The number of carbonyl (C=O) groups is 2. The number of aromatic nitrogens is 1. The minimum atomic E-state index is -4.44. The Morgan fingerprint density at radius 2 is 1.79 bits per heavy atom. The topological polar surface area (TPSA) is 82.6 Å². The molecule has 0 atom stereocenters. The predicted molar refractivity (Wildman–Crippen MR) is 98.4 cm³/mol. The summed E-state index contributed by atoms with van der Waals surface area (Å²) in [7, 11) is 0. The number of ether oxygens (including phenoxy) is 1. The molecule has 1 aromatic heterocycles. The number of alkyl halides is 3. The molecule has 4 rings (SSSR count). The highest BCUT2D eigenvalue weighted by molar-refractivity contribution is 6.12. The molecular weight excluding hydrogens is 389 g/mol. The number of carboxylic acids is 1. The lowest BCUT2D eigenvalue weighted by Gasteiger charge is -2.16. The van der Waals surface area contributed by atoms with Crippen LogP contribution in [0.4, 0.5) is 18.9 Å². The van der Waals surface area contributed by atoms with Gasteiger partial charge in [0.1, 0.15) is 17.2 Å². The summed E-state index contributed by atoms with van der Waals surface area (Å²) in [6, 6.07) is 8.98. The van der Waals surface area contributed by atoms with Crippen LogP contribution in [0.25, 0.3) is 10.9 Å². The highest BCUT2D eigenvalue weighted by atomic mass is 19.4. The molecule has 9 heteroatoms. The van der Waals surface area contributed by atoms with Crippen molar-refractivity contribution in [2.45, 2.75) is 19.0 Å². The Bertz CT molecular complexity index is 1100. The van der Waals surface area contributed by atoms with Crippen molar-refractivity contribution in [2.24, 2.45) is 0 Å². The van der Waals surface area contributed by atoms with Gasteiger partial charge in [0.05, 0.1) is 11.3 Å². The van der Waals surface area contributed by atoms with Crippen molar-refractivity contribution in [3.8, 4) is 11.5 Å². The normalized spacial score (nSPS) is 14.6. The lowest BCUT2D eigenvalue weighted by atomic mass is 10.2. The standard InChI is InChI=1S/C20H15F3N2O4/c21-20(22,23)11-3-5-12(6-4-11)29-13-7-8-15-14(10-13)18(17(24-15)19(27)28)25-9-1-2-16(25)26/h3-8,10,24H,1-2,9H2,(H,27,28). The maximum atomic E-state index is 12.7. The van der Waals surface area contributed by atoms with Gasteiger partial charge in [0.15, 0.2) is 0 Å². The maximum Gasteiger partial charge on any atom is 0.416 e. The van der Waals surface area contributed by atoms with Gasteiger partial charge in [0, 0.05) is 23.9 Å². The Morgan fingerprint density at radius 3 is 2.38 bits per heavy atom. The highest BCUT2D eigenvalue weighted by Crippen LogP contribution is 2.37. The maximum absolute atomic E-state index is 12.7. The molecule has 0 unspecified atom stereocenters. The second-order valence-corrected chi connectivity index (χ2v) is 6.63. The Morgan fingerprint density at radius 1 is 1.10 bits per heavy atom. The Kier molecular flexibility index (Phi) is 4.45. The van der Waals surface area contributed by atoms with Crippen LogP contribution in [0.1, 0.15) is 28.9 Å². The van der Waals surface area contributed by atoms with Crippen molar-refractivity contribution < 1.29 is 32.6 Å². The third-order valence-corrected chi connectivity index (χ3v) is 4.72. The van der Waals surface area contributed by atoms with Gasteiger partial charge >= 0.3 is 12.1 Å². The van der Waals surface area contributed by atoms with E-state index in [0.29, 0.717) is 36.0 Å². The summed E-state index contributed by atoms with van der Waals surface area (Å²) in [5, 5.41) is 10.0. The zero-order valence-electron chi connectivity index (χ0n) is 14.9. The molecule has 0 saturated carbocycles. The first-order chi connectivity index (χ1) is 13.7. The molecule has 1 aliphatic heterocycles. The predicted octanol–water partition coefficient (Wildman–Crippen LogP) is 4.80. The van der Waals surface area contributed by atoms with Crippen LogP contribution in [-0.2, 0) is 11.0 Å². The van der Waals surface area contributed by atoms with Gasteiger partial charge in [-0.15, -0.1) is 0 Å². The van der Waals surface area contributed by atoms with E-state index in [9.17, 15) is 27.9 Å². The van der Waals surface area contributed by atoms with E-state index in [2.05, 4.69) is 4.98 Å². The molecule has 3 aromatic rings. The summed E-state index contributed by atoms with van der Waals surface area (Å²) in [6.45, 7) is 0.413. The molecule has 0 aliphatic carbocycles. The largest absolute Gasteiger partial charge is 0.477 e. The average Bonchev–Trinajstić information content (AvgIpc) is 3.24. The van der Waals surface area contributed by atoms with Crippen LogP contribution in [0.15, 0.2) is 42.5 Å². The van der Waals surface area contributed by atoms with Gasteiger partial charge in [-0.25, -0.2) is 4.79 Å². The molecule has 0 bridgehead atoms. The van der Waals surface area contributed by atoms with Crippen molar-refractivity contribution in [1.29, 1.82) is 0 Å². The van der Waals surface area contributed by atoms with Crippen LogP contribution in [0.2, 0.25) is 0 Å². The molecule has 1 amide bonds. The summed E-state index contributed by atoms with van der Waals surface area (Å²) in [5.74, 6) is -0.852. The Hall–Kier alpha value is -3.49. The van der Waals surface area contributed by atoms with Crippen LogP contribution in [0.3, 0.4) is 0 Å². The first-order valence-electron chi connectivity index (χ1n) is 8.78. The van der Waals surface area contributed by atoms with Gasteiger partial charge in [-0.2, -0.15) is 13.2 Å². The fourth-order valence-electron chi connectivity index (χ4n) is 3.39. The zero-order valence-corrected chi connectivity index (χ0v) is 14.9. The number of hydrogen-bond donors (Lipinski definition) is 2. The second kappa shape index (κ2) is 6.84. The van der Waals surface area contributed by atoms with E-state index in [1.54, 1.807) is 18.2 Å². The summed E-state index contributed by atoms with van der Waals surface area (Å²) < 4.78 is 43.7. The van der Waals surface area contributed by atoms with Crippen molar-refractivity contribution in [3.63, 3.8) is 0 Å². The van der Waals surface area contributed by atoms with Crippen molar-refractivity contribution in [2.75, 3.05) is 11.4 Å². The van der Waals surface area contributed by atoms with E-state index in [1.807, 2.05) is 0 Å². The number of rotatable bonds is 4. The molecule has 6 nitrogen and oxygen atoms in total. The number of anilines is 1. The number of aromatic carboxylic acids is 1. The lowest BCUT2D eigenvalue weighted by molar-refractivity contribution is -0.137. The van der Waals surface area contributed by atoms with Crippen molar-refractivity contribution >= 4 is 28.5 Å². The molecule has 2 heterocycles. The van der Waals surface area contributed by atoms with E-state index in [-0.39, 0.29) is 23.0 Å². The molecule has 1 aliphatic rings. The minimum Gasteiger partial charge on any atom is -0.477 e. The molecule has 1 fully saturated rings. The number of fused-ring (bicyclic) bond motifs is 1. The monoisotopic (exact) mass is 404 g/mol. The van der Waals surface area contributed by atoms with Gasteiger partial charge in [-0.1, -0.05) is 0 Å². The Balaban J connectivity index is 1.72. The SMILES string of the molecule is O=C(O)c1[nH]c2ccc(Oc3ccc(C(F)(F)F)cc3)cc2c1N1CCCC1=O. The number of benzene rings is 2. The van der Waals surface area contributed by atoms with E-state index in [1.165, 1.54) is 17.0 Å². The fourth-order valence-corrected chi connectivity index (χ4v) is 3.39.